The molecule has 0 radical (unpaired) electrons. The SMILES string of the molecule is Cc1nccn1CCNCC(C)(O)CO. The van der Waals surface area contributed by atoms with Crippen LogP contribution >= 0.6 is 0 Å². The van der Waals surface area contributed by atoms with E-state index in [0.717, 1.165) is 18.9 Å². The number of rotatable bonds is 6. The van der Waals surface area contributed by atoms with Crippen molar-refractivity contribution in [3.05, 3.63) is 18.2 Å². The highest BCUT2D eigenvalue weighted by Crippen LogP contribution is 1.98. The summed E-state index contributed by atoms with van der Waals surface area (Å²) in [6.45, 7) is 5.26. The molecule has 1 atom stereocenters. The van der Waals surface area contributed by atoms with Crippen LogP contribution in [0.25, 0.3) is 0 Å². The van der Waals surface area contributed by atoms with Crippen LogP contribution in [0.3, 0.4) is 0 Å². The number of aliphatic hydroxyl groups excluding tert-OH is 1. The highest BCUT2D eigenvalue weighted by atomic mass is 16.3. The van der Waals surface area contributed by atoms with Gasteiger partial charge in [0.25, 0.3) is 0 Å². The van der Waals surface area contributed by atoms with E-state index in [1.807, 2.05) is 17.7 Å². The molecule has 0 aliphatic carbocycles. The molecule has 0 aromatic carbocycles. The average molecular weight is 213 g/mol. The molecule has 5 nitrogen and oxygen atoms in total. The summed E-state index contributed by atoms with van der Waals surface area (Å²) >= 11 is 0. The molecule has 0 saturated carbocycles. The predicted octanol–water partition coefficient (Wildman–Crippen LogP) is -0.476. The molecule has 1 aromatic rings. The fraction of sp³-hybridized carbons (Fsp3) is 0.700. The minimum atomic E-state index is -1.04. The van der Waals surface area contributed by atoms with Gasteiger partial charge in [0.1, 0.15) is 5.82 Å². The van der Waals surface area contributed by atoms with Gasteiger partial charge >= 0.3 is 0 Å². The highest BCUT2D eigenvalue weighted by molar-refractivity contribution is 4.88. The van der Waals surface area contributed by atoms with Crippen LogP contribution in [0, 0.1) is 6.92 Å². The zero-order chi connectivity index (χ0) is 11.3. The lowest BCUT2D eigenvalue weighted by Gasteiger charge is -2.20. The topological polar surface area (TPSA) is 70.3 Å². The van der Waals surface area contributed by atoms with Gasteiger partial charge in [-0.25, -0.2) is 4.98 Å². The van der Waals surface area contributed by atoms with Crippen molar-refractivity contribution in [2.45, 2.75) is 26.0 Å². The first kappa shape index (κ1) is 12.2. The number of nitrogens with one attached hydrogen (secondary N) is 1. The zero-order valence-electron chi connectivity index (χ0n) is 9.27. The summed E-state index contributed by atoms with van der Waals surface area (Å²) in [4.78, 5) is 4.11. The molecule has 1 aromatic heterocycles. The first-order valence-electron chi connectivity index (χ1n) is 5.07. The smallest absolute Gasteiger partial charge is 0.105 e. The summed E-state index contributed by atoms with van der Waals surface area (Å²) in [6, 6.07) is 0. The molecule has 0 fully saturated rings. The maximum absolute atomic E-state index is 9.50. The molecule has 1 unspecified atom stereocenters. The molecule has 15 heavy (non-hydrogen) atoms. The molecule has 3 N–H and O–H groups in total. The zero-order valence-corrected chi connectivity index (χ0v) is 9.27. The van der Waals surface area contributed by atoms with E-state index in [4.69, 9.17) is 5.11 Å². The number of hydrogen-bond acceptors (Lipinski definition) is 4. The van der Waals surface area contributed by atoms with Gasteiger partial charge in [-0.2, -0.15) is 0 Å². The van der Waals surface area contributed by atoms with E-state index in [9.17, 15) is 5.11 Å². The van der Waals surface area contributed by atoms with Gasteiger partial charge in [0, 0.05) is 32.0 Å². The van der Waals surface area contributed by atoms with Gasteiger partial charge in [0.2, 0.25) is 0 Å². The van der Waals surface area contributed by atoms with Crippen molar-refractivity contribution < 1.29 is 10.2 Å². The summed E-state index contributed by atoms with van der Waals surface area (Å²) in [7, 11) is 0. The van der Waals surface area contributed by atoms with E-state index in [0.29, 0.717) is 6.54 Å². The van der Waals surface area contributed by atoms with E-state index in [2.05, 4.69) is 10.3 Å². The van der Waals surface area contributed by atoms with Crippen molar-refractivity contribution in [2.75, 3.05) is 19.7 Å². The Bertz CT molecular complexity index is 297. The van der Waals surface area contributed by atoms with E-state index in [-0.39, 0.29) is 6.61 Å². The Hall–Kier alpha value is -0.910. The van der Waals surface area contributed by atoms with Crippen LogP contribution in [0.4, 0.5) is 0 Å². The third-order valence-corrected chi connectivity index (χ3v) is 2.30. The molecular weight excluding hydrogens is 194 g/mol. The fourth-order valence-corrected chi connectivity index (χ4v) is 1.25. The van der Waals surface area contributed by atoms with Gasteiger partial charge in [-0.15, -0.1) is 0 Å². The Labute approximate surface area is 89.8 Å². The average Bonchev–Trinajstić information content (AvgIpc) is 2.59. The predicted molar refractivity (Wildman–Crippen MR) is 57.5 cm³/mol. The molecule has 0 saturated heterocycles. The largest absolute Gasteiger partial charge is 0.393 e. The third-order valence-electron chi connectivity index (χ3n) is 2.30. The molecule has 0 bridgehead atoms. The molecular formula is C10H19N3O2. The van der Waals surface area contributed by atoms with Crippen LogP contribution in [-0.4, -0.2) is 45.1 Å². The Kier molecular flexibility index (Phi) is 4.26. The first-order chi connectivity index (χ1) is 7.05. The Balaban J connectivity index is 2.20. The second kappa shape index (κ2) is 5.25. The van der Waals surface area contributed by atoms with Gasteiger partial charge in [-0.1, -0.05) is 0 Å². The van der Waals surface area contributed by atoms with Gasteiger partial charge in [-0.3, -0.25) is 0 Å². The molecule has 0 aliphatic rings. The Morgan fingerprint density at radius 2 is 2.33 bits per heavy atom. The maximum Gasteiger partial charge on any atom is 0.105 e. The summed E-state index contributed by atoms with van der Waals surface area (Å²) < 4.78 is 2.03. The molecule has 0 spiro atoms. The van der Waals surface area contributed by atoms with Gasteiger partial charge in [0.05, 0.1) is 12.2 Å². The van der Waals surface area contributed by atoms with Crippen molar-refractivity contribution in [1.82, 2.24) is 14.9 Å². The van der Waals surface area contributed by atoms with Crippen molar-refractivity contribution >= 4 is 0 Å². The lowest BCUT2D eigenvalue weighted by molar-refractivity contribution is 0.00279. The minimum Gasteiger partial charge on any atom is -0.393 e. The van der Waals surface area contributed by atoms with Crippen LogP contribution in [0.5, 0.6) is 0 Å². The number of aromatic nitrogens is 2. The summed E-state index contributed by atoms with van der Waals surface area (Å²) in [5.74, 6) is 0.978. The number of hydrogen-bond donors (Lipinski definition) is 3. The highest BCUT2D eigenvalue weighted by Gasteiger charge is 2.17. The normalized spacial score (nSPS) is 15.2. The standard InChI is InChI=1S/C10H19N3O2/c1-9-12-4-6-13(9)5-3-11-7-10(2,15)8-14/h4,6,11,14-15H,3,5,7-8H2,1-2H3. The van der Waals surface area contributed by atoms with E-state index < -0.39 is 5.60 Å². The van der Waals surface area contributed by atoms with Crippen LogP contribution in [0.15, 0.2) is 12.4 Å². The van der Waals surface area contributed by atoms with Crippen molar-refractivity contribution in [3.8, 4) is 0 Å². The molecule has 1 heterocycles. The van der Waals surface area contributed by atoms with Gasteiger partial charge in [0.15, 0.2) is 0 Å². The number of aliphatic hydroxyl groups is 2. The molecule has 5 heteroatoms. The van der Waals surface area contributed by atoms with Crippen molar-refractivity contribution in [2.24, 2.45) is 0 Å². The minimum absolute atomic E-state index is 0.232. The molecule has 1 rings (SSSR count). The van der Waals surface area contributed by atoms with Crippen LogP contribution in [0.1, 0.15) is 12.7 Å². The Morgan fingerprint density at radius 3 is 2.87 bits per heavy atom. The summed E-state index contributed by atoms with van der Waals surface area (Å²) in [6.07, 6.45) is 3.68. The second-order valence-corrected chi connectivity index (χ2v) is 4.00. The molecule has 0 amide bonds. The maximum atomic E-state index is 9.50. The quantitative estimate of drug-likeness (QED) is 0.558. The number of aryl methyl sites for hydroxylation is 1. The summed E-state index contributed by atoms with van der Waals surface area (Å²) in [5, 5.41) is 21.4. The number of nitrogens with zero attached hydrogens (tertiary/aromatic N) is 2. The van der Waals surface area contributed by atoms with Crippen molar-refractivity contribution in [1.29, 1.82) is 0 Å². The number of imidazole rings is 1. The third kappa shape index (κ3) is 3.99. The van der Waals surface area contributed by atoms with Crippen LogP contribution in [-0.2, 0) is 6.54 Å². The lowest BCUT2D eigenvalue weighted by Crippen LogP contribution is -2.41. The van der Waals surface area contributed by atoms with E-state index in [1.165, 1.54) is 0 Å². The fourth-order valence-electron chi connectivity index (χ4n) is 1.25. The van der Waals surface area contributed by atoms with Crippen molar-refractivity contribution in [3.63, 3.8) is 0 Å². The molecule has 86 valence electrons. The second-order valence-electron chi connectivity index (χ2n) is 4.00. The molecule has 0 aliphatic heterocycles. The van der Waals surface area contributed by atoms with E-state index >= 15 is 0 Å². The lowest BCUT2D eigenvalue weighted by atomic mass is 10.1. The monoisotopic (exact) mass is 213 g/mol. The van der Waals surface area contributed by atoms with E-state index in [1.54, 1.807) is 13.1 Å². The van der Waals surface area contributed by atoms with Crippen LogP contribution < -0.4 is 5.32 Å². The summed E-state index contributed by atoms with van der Waals surface area (Å²) in [5.41, 5.74) is -1.04. The van der Waals surface area contributed by atoms with Gasteiger partial charge in [-0.05, 0) is 13.8 Å². The first-order valence-corrected chi connectivity index (χ1v) is 5.07. The van der Waals surface area contributed by atoms with Gasteiger partial charge < -0.3 is 20.1 Å². The Morgan fingerprint density at radius 1 is 1.60 bits per heavy atom. The van der Waals surface area contributed by atoms with Crippen LogP contribution in [0.2, 0.25) is 0 Å².